The largest absolute Gasteiger partial charge is 0.454 e. The number of hydrogen-bond donors (Lipinski definition) is 2. The van der Waals surface area contributed by atoms with Gasteiger partial charge >= 0.3 is 0 Å². The van der Waals surface area contributed by atoms with Crippen molar-refractivity contribution in [1.29, 1.82) is 0 Å². The third-order valence-electron chi connectivity index (χ3n) is 2.86. The number of nitrogens with one attached hydrogen (secondary N) is 1. The highest BCUT2D eigenvalue weighted by Gasteiger charge is 2.16. The van der Waals surface area contributed by atoms with Crippen molar-refractivity contribution in [2.24, 2.45) is 0 Å². The summed E-state index contributed by atoms with van der Waals surface area (Å²) in [7, 11) is 0. The van der Waals surface area contributed by atoms with Crippen molar-refractivity contribution in [3.05, 3.63) is 23.8 Å². The first-order valence-electron chi connectivity index (χ1n) is 6.00. The van der Waals surface area contributed by atoms with Crippen LogP contribution in [-0.4, -0.2) is 36.5 Å². The Bertz CT molecular complexity index is 400. The first-order valence-corrected chi connectivity index (χ1v) is 7.40. The van der Waals surface area contributed by atoms with Crippen molar-refractivity contribution in [2.45, 2.75) is 19.1 Å². The Labute approximate surface area is 112 Å². The first-order chi connectivity index (χ1) is 8.70. The fourth-order valence-electron chi connectivity index (χ4n) is 1.86. The summed E-state index contributed by atoms with van der Waals surface area (Å²) < 4.78 is 10.5. The summed E-state index contributed by atoms with van der Waals surface area (Å²) in [6, 6.07) is 5.95. The average molecular weight is 269 g/mol. The normalized spacial score (nSPS) is 16.6. The van der Waals surface area contributed by atoms with E-state index in [0.29, 0.717) is 18.3 Å². The molecule has 0 amide bonds. The number of fused-ring (bicyclic) bond motifs is 1. The highest BCUT2D eigenvalue weighted by atomic mass is 32.2. The van der Waals surface area contributed by atoms with Crippen molar-refractivity contribution in [1.82, 2.24) is 5.32 Å². The molecule has 2 unspecified atom stereocenters. The van der Waals surface area contributed by atoms with Gasteiger partial charge in [0, 0.05) is 18.3 Å². The van der Waals surface area contributed by atoms with Gasteiger partial charge in [-0.3, -0.25) is 0 Å². The molecule has 1 aliphatic rings. The minimum atomic E-state index is -0.524. The van der Waals surface area contributed by atoms with Gasteiger partial charge in [0.15, 0.2) is 11.5 Å². The number of aliphatic hydroxyl groups excluding tert-OH is 1. The zero-order valence-electron chi connectivity index (χ0n) is 10.7. The molecule has 0 bridgehead atoms. The van der Waals surface area contributed by atoms with Crippen LogP contribution in [0.25, 0.3) is 0 Å². The molecule has 100 valence electrons. The van der Waals surface area contributed by atoms with E-state index in [2.05, 4.69) is 18.5 Å². The molecule has 1 aliphatic heterocycles. The quantitative estimate of drug-likeness (QED) is 0.824. The molecule has 0 aliphatic carbocycles. The van der Waals surface area contributed by atoms with Gasteiger partial charge in [-0.1, -0.05) is 6.07 Å². The topological polar surface area (TPSA) is 50.7 Å². The second-order valence-corrected chi connectivity index (χ2v) is 5.30. The third-order valence-corrected chi connectivity index (χ3v) is 3.69. The molecular formula is C13H19NO3S. The average Bonchev–Trinajstić information content (AvgIpc) is 2.83. The maximum absolute atomic E-state index is 10.1. The number of ether oxygens (including phenoxy) is 2. The lowest BCUT2D eigenvalue weighted by Crippen LogP contribution is -2.32. The number of aliphatic hydroxyl groups is 1. The van der Waals surface area contributed by atoms with Crippen molar-refractivity contribution in [2.75, 3.05) is 25.3 Å². The van der Waals surface area contributed by atoms with Crippen molar-refractivity contribution in [3.8, 4) is 11.5 Å². The molecule has 5 heteroatoms. The van der Waals surface area contributed by atoms with E-state index >= 15 is 0 Å². The van der Waals surface area contributed by atoms with Gasteiger partial charge in [0.25, 0.3) is 0 Å². The Kier molecular flexibility index (Phi) is 4.74. The zero-order chi connectivity index (χ0) is 13.0. The van der Waals surface area contributed by atoms with Gasteiger partial charge in [0.2, 0.25) is 6.79 Å². The molecule has 2 N–H and O–H groups in total. The molecule has 2 rings (SSSR count). The zero-order valence-corrected chi connectivity index (χ0v) is 11.5. The maximum atomic E-state index is 10.1. The molecule has 0 saturated heterocycles. The Morgan fingerprint density at radius 1 is 1.39 bits per heavy atom. The number of hydrogen-bond acceptors (Lipinski definition) is 5. The van der Waals surface area contributed by atoms with Crippen LogP contribution in [0.1, 0.15) is 18.6 Å². The van der Waals surface area contributed by atoms with E-state index in [9.17, 15) is 5.11 Å². The predicted molar refractivity (Wildman–Crippen MR) is 73.4 cm³/mol. The Hall–Kier alpha value is -0.910. The number of rotatable bonds is 6. The van der Waals surface area contributed by atoms with Crippen LogP contribution in [0.4, 0.5) is 0 Å². The molecular weight excluding hydrogens is 250 g/mol. The van der Waals surface area contributed by atoms with Crippen molar-refractivity contribution >= 4 is 11.8 Å². The summed E-state index contributed by atoms with van der Waals surface area (Å²) in [5.41, 5.74) is 0.850. The Morgan fingerprint density at radius 2 is 2.17 bits per heavy atom. The predicted octanol–water partition coefficient (Wildman–Crippen LogP) is 1.79. The first kappa shape index (κ1) is 13.5. The van der Waals surface area contributed by atoms with Crippen LogP contribution in [0.15, 0.2) is 18.2 Å². The van der Waals surface area contributed by atoms with Crippen LogP contribution in [0.2, 0.25) is 0 Å². The summed E-state index contributed by atoms with van der Waals surface area (Å²) in [6.07, 6.45) is 1.55. The van der Waals surface area contributed by atoms with E-state index in [1.165, 1.54) is 0 Å². The smallest absolute Gasteiger partial charge is 0.231 e. The van der Waals surface area contributed by atoms with Crippen LogP contribution in [-0.2, 0) is 0 Å². The van der Waals surface area contributed by atoms with Gasteiger partial charge < -0.3 is 19.9 Å². The van der Waals surface area contributed by atoms with Crippen LogP contribution >= 0.6 is 11.8 Å². The Balaban J connectivity index is 1.90. The van der Waals surface area contributed by atoms with Crippen LogP contribution in [0, 0.1) is 0 Å². The fourth-order valence-corrected chi connectivity index (χ4v) is 2.48. The SMILES string of the molecule is CSCC(C)NCC(O)c1ccc2c(c1)OCO2. The molecule has 1 aromatic rings. The van der Waals surface area contributed by atoms with Crippen molar-refractivity contribution < 1.29 is 14.6 Å². The van der Waals surface area contributed by atoms with Gasteiger partial charge in [-0.2, -0.15) is 11.8 Å². The number of benzene rings is 1. The fraction of sp³-hybridized carbons (Fsp3) is 0.538. The number of thioether (sulfide) groups is 1. The summed E-state index contributed by atoms with van der Waals surface area (Å²) in [5, 5.41) is 13.4. The van der Waals surface area contributed by atoms with E-state index in [-0.39, 0.29) is 6.79 Å². The molecule has 0 radical (unpaired) electrons. The molecule has 4 nitrogen and oxygen atoms in total. The molecule has 1 heterocycles. The lowest BCUT2D eigenvalue weighted by atomic mass is 10.1. The summed E-state index contributed by atoms with van der Waals surface area (Å²) in [5.74, 6) is 2.49. The van der Waals surface area contributed by atoms with E-state index in [1.807, 2.05) is 18.2 Å². The minimum absolute atomic E-state index is 0.262. The highest BCUT2D eigenvalue weighted by Crippen LogP contribution is 2.34. The molecule has 0 fully saturated rings. The molecule has 18 heavy (non-hydrogen) atoms. The van der Waals surface area contributed by atoms with Gasteiger partial charge in [0.1, 0.15) is 0 Å². The monoisotopic (exact) mass is 269 g/mol. The van der Waals surface area contributed by atoms with E-state index in [0.717, 1.165) is 17.1 Å². The van der Waals surface area contributed by atoms with Gasteiger partial charge in [-0.25, -0.2) is 0 Å². The molecule has 0 aromatic heterocycles. The van der Waals surface area contributed by atoms with Crippen LogP contribution in [0.5, 0.6) is 11.5 Å². The second-order valence-electron chi connectivity index (χ2n) is 4.39. The lowest BCUT2D eigenvalue weighted by Gasteiger charge is -2.16. The van der Waals surface area contributed by atoms with Gasteiger partial charge in [-0.05, 0) is 30.9 Å². The third kappa shape index (κ3) is 3.31. The molecule has 1 aromatic carbocycles. The van der Waals surface area contributed by atoms with Crippen LogP contribution < -0.4 is 14.8 Å². The highest BCUT2D eigenvalue weighted by molar-refractivity contribution is 7.98. The molecule has 2 atom stereocenters. The van der Waals surface area contributed by atoms with Crippen LogP contribution in [0.3, 0.4) is 0 Å². The van der Waals surface area contributed by atoms with E-state index in [1.54, 1.807) is 11.8 Å². The lowest BCUT2D eigenvalue weighted by molar-refractivity contribution is 0.168. The molecule has 0 saturated carbocycles. The molecule has 0 spiro atoms. The van der Waals surface area contributed by atoms with Gasteiger partial charge in [-0.15, -0.1) is 0 Å². The summed E-state index contributed by atoms with van der Waals surface area (Å²) in [6.45, 7) is 2.92. The standard InChI is InChI=1S/C13H19NO3S/c1-9(7-18-2)14-6-11(15)10-3-4-12-13(5-10)17-8-16-12/h3-5,9,11,14-15H,6-8H2,1-2H3. The van der Waals surface area contributed by atoms with E-state index < -0.39 is 6.10 Å². The summed E-state index contributed by atoms with van der Waals surface area (Å²) >= 11 is 1.79. The second kappa shape index (κ2) is 6.31. The van der Waals surface area contributed by atoms with Gasteiger partial charge in [0.05, 0.1) is 6.10 Å². The van der Waals surface area contributed by atoms with Crippen molar-refractivity contribution in [3.63, 3.8) is 0 Å². The summed E-state index contributed by atoms with van der Waals surface area (Å²) in [4.78, 5) is 0. The van der Waals surface area contributed by atoms with E-state index in [4.69, 9.17) is 9.47 Å². The maximum Gasteiger partial charge on any atom is 0.231 e. The Morgan fingerprint density at radius 3 is 2.94 bits per heavy atom. The minimum Gasteiger partial charge on any atom is -0.454 e.